The van der Waals surface area contributed by atoms with Crippen LogP contribution in [-0.2, 0) is 0 Å². The molecule has 0 aromatic heterocycles. The minimum atomic E-state index is 1.11. The normalized spacial score (nSPS) is 18.6. The molecule has 3 heteroatoms. The highest BCUT2D eigenvalue weighted by Gasteiger charge is 2.19. The molecule has 1 radical (unpaired) electrons. The van der Waals surface area contributed by atoms with E-state index in [0.29, 0.717) is 0 Å². The van der Waals surface area contributed by atoms with Crippen molar-refractivity contribution in [3.63, 3.8) is 0 Å². The van der Waals surface area contributed by atoms with E-state index in [1.807, 2.05) is 11.6 Å². The summed E-state index contributed by atoms with van der Waals surface area (Å²) in [6.45, 7) is 0. The van der Waals surface area contributed by atoms with E-state index in [1.165, 1.54) is 25.0 Å². The molecular weight excluding hydrogens is 230 g/mol. The lowest BCUT2D eigenvalue weighted by atomic mass is 10.3. The molecule has 0 N–H and O–H groups in total. The molecule has 45 valence electrons. The molecule has 0 nitrogen and oxygen atoms in total. The molecule has 0 unspecified atom stereocenters. The third-order valence-corrected chi connectivity index (χ3v) is 3.08. The van der Waals surface area contributed by atoms with Gasteiger partial charge < -0.3 is 0 Å². The summed E-state index contributed by atoms with van der Waals surface area (Å²) in [6.07, 6.45) is 4.45. The van der Waals surface area contributed by atoms with Crippen LogP contribution in [0.3, 0.4) is 0 Å². The molecule has 0 aliphatic heterocycles. The highest BCUT2D eigenvalue weighted by Crippen LogP contribution is 2.33. The smallest absolute Gasteiger partial charge is 0.202 e. The van der Waals surface area contributed by atoms with Gasteiger partial charge in [0.2, 0.25) is 0 Å². The first-order valence-electron chi connectivity index (χ1n) is 2.97. The van der Waals surface area contributed by atoms with Gasteiger partial charge >= 0.3 is 0 Å². The van der Waals surface area contributed by atoms with Crippen LogP contribution >= 0.6 is 34.0 Å². The largest absolute Gasteiger partial charge is 0.275 e. The molecule has 0 spiro atoms. The van der Waals surface area contributed by atoms with Gasteiger partial charge in [0.25, 0.3) is 4.41 Å². The summed E-state index contributed by atoms with van der Waals surface area (Å²) in [6, 6.07) is 0. The second kappa shape index (κ2) is 4.04. The van der Waals surface area contributed by atoms with E-state index in [9.17, 15) is 0 Å². The first-order valence-corrected chi connectivity index (χ1v) is 5.26. The summed E-state index contributed by atoms with van der Waals surface area (Å²) in [4.78, 5) is 0. The molecule has 0 atom stereocenters. The van der Waals surface area contributed by atoms with E-state index in [2.05, 4.69) is 26.8 Å². The Labute approximate surface area is 69.2 Å². The van der Waals surface area contributed by atoms with Crippen molar-refractivity contribution in [2.24, 2.45) is 5.92 Å². The van der Waals surface area contributed by atoms with E-state index < -0.39 is 0 Å². The molecular formula is C5H9BIS. The van der Waals surface area contributed by atoms with Crippen LogP contribution in [0, 0.1) is 5.92 Å². The second-order valence-corrected chi connectivity index (χ2v) is 4.64. The zero-order valence-electron chi connectivity index (χ0n) is 4.77. The first-order chi connectivity index (χ1) is 3.93. The molecule has 1 aliphatic carbocycles. The summed E-state index contributed by atoms with van der Waals surface area (Å²) < 4.78 is 2.15. The van der Waals surface area contributed by atoms with Crippen LogP contribution < -0.4 is 0 Å². The molecule has 1 saturated carbocycles. The fraction of sp³-hybridized carbons (Fsp3) is 1.00. The fourth-order valence-electron chi connectivity index (χ4n) is 0.686. The van der Waals surface area contributed by atoms with E-state index in [-0.39, 0.29) is 0 Å². The van der Waals surface area contributed by atoms with Crippen LogP contribution in [0.4, 0.5) is 0 Å². The molecule has 0 saturated heterocycles. The highest BCUT2D eigenvalue weighted by molar-refractivity contribution is 14.1. The maximum Gasteiger partial charge on any atom is 0.275 e. The number of rotatable bonds is 4. The zero-order valence-corrected chi connectivity index (χ0v) is 7.74. The number of halogens is 1. The number of hydrogen-bond acceptors (Lipinski definition) is 1. The molecule has 1 fully saturated rings. The van der Waals surface area contributed by atoms with Crippen molar-refractivity contribution < 1.29 is 0 Å². The van der Waals surface area contributed by atoms with Gasteiger partial charge in [-0.3, -0.25) is 0 Å². The molecule has 0 bridgehead atoms. The predicted octanol–water partition coefficient (Wildman–Crippen LogP) is 2.49. The summed E-state index contributed by atoms with van der Waals surface area (Å²) >= 11 is 4.23. The van der Waals surface area contributed by atoms with Gasteiger partial charge in [-0.05, 0) is 18.1 Å². The van der Waals surface area contributed by atoms with Crippen LogP contribution in [-0.4, -0.2) is 10.2 Å². The Balaban J connectivity index is 1.74. The Bertz CT molecular complexity index is 65.4. The van der Waals surface area contributed by atoms with Gasteiger partial charge in [0, 0.05) is 0 Å². The maximum atomic E-state index is 2.29. The topological polar surface area (TPSA) is 0 Å². The van der Waals surface area contributed by atoms with Gasteiger partial charge in [-0.15, -0.1) is 22.4 Å². The molecule has 0 aromatic carbocycles. The van der Waals surface area contributed by atoms with E-state index in [1.54, 1.807) is 0 Å². The van der Waals surface area contributed by atoms with Crippen LogP contribution in [0.5, 0.6) is 0 Å². The van der Waals surface area contributed by atoms with Gasteiger partial charge in [0.1, 0.15) is 0 Å². The third kappa shape index (κ3) is 3.23. The van der Waals surface area contributed by atoms with Gasteiger partial charge in [0.05, 0.1) is 0 Å². The van der Waals surface area contributed by atoms with Crippen molar-refractivity contribution >= 4 is 38.4 Å². The van der Waals surface area contributed by atoms with Gasteiger partial charge in [-0.1, -0.05) is 12.8 Å². The predicted molar refractivity (Wildman–Crippen MR) is 49.6 cm³/mol. The summed E-state index contributed by atoms with van der Waals surface area (Å²) in [5, 5.41) is 0. The number of hydrogen-bond donors (Lipinski definition) is 0. The van der Waals surface area contributed by atoms with E-state index in [4.69, 9.17) is 0 Å². The lowest BCUT2D eigenvalue weighted by molar-refractivity contribution is 0.810. The quantitative estimate of drug-likeness (QED) is 0.412. The second-order valence-electron chi connectivity index (χ2n) is 2.19. The summed E-state index contributed by atoms with van der Waals surface area (Å²) in [5.41, 5.74) is 0. The minimum Gasteiger partial charge on any atom is -0.202 e. The molecule has 8 heavy (non-hydrogen) atoms. The van der Waals surface area contributed by atoms with Crippen molar-refractivity contribution in [3.8, 4) is 0 Å². The molecule has 0 aromatic rings. The standard InChI is InChI=1S/C5H9BIS/c7-6-8-4-3-5-1-2-5/h5H,1-4H2. The van der Waals surface area contributed by atoms with Crippen LogP contribution in [0.1, 0.15) is 19.3 Å². The van der Waals surface area contributed by atoms with E-state index in [0.717, 1.165) is 5.92 Å². The van der Waals surface area contributed by atoms with Crippen molar-refractivity contribution in [2.45, 2.75) is 19.3 Å². The van der Waals surface area contributed by atoms with Gasteiger partial charge in [-0.2, -0.15) is 0 Å². The fourth-order valence-corrected chi connectivity index (χ4v) is 2.01. The SMILES string of the molecule is I[B]SCCC1CC1. The Hall–Kier alpha value is 1.14. The summed E-state index contributed by atoms with van der Waals surface area (Å²) in [7, 11) is 0. The van der Waals surface area contributed by atoms with Crippen molar-refractivity contribution in [2.75, 3.05) is 5.75 Å². The van der Waals surface area contributed by atoms with Crippen LogP contribution in [0.25, 0.3) is 0 Å². The molecule has 0 heterocycles. The maximum absolute atomic E-state index is 2.29. The Morgan fingerprint density at radius 3 is 2.88 bits per heavy atom. The average Bonchev–Trinajstić information content (AvgIpc) is 2.51. The Morgan fingerprint density at radius 2 is 2.38 bits per heavy atom. The molecule has 1 rings (SSSR count). The monoisotopic (exact) mass is 239 g/mol. The summed E-state index contributed by atoms with van der Waals surface area (Å²) in [5.74, 6) is 2.45. The van der Waals surface area contributed by atoms with Crippen molar-refractivity contribution in [1.82, 2.24) is 0 Å². The van der Waals surface area contributed by atoms with Gasteiger partial charge in [-0.25, -0.2) is 11.6 Å². The third-order valence-electron chi connectivity index (χ3n) is 1.40. The van der Waals surface area contributed by atoms with Crippen LogP contribution in [0.15, 0.2) is 0 Å². The molecule has 0 amide bonds. The molecule has 1 aliphatic rings. The van der Waals surface area contributed by atoms with Crippen molar-refractivity contribution in [3.05, 3.63) is 0 Å². The Morgan fingerprint density at radius 1 is 1.62 bits per heavy atom. The zero-order chi connectivity index (χ0) is 5.82. The Kier molecular flexibility index (Phi) is 3.66. The van der Waals surface area contributed by atoms with Crippen LogP contribution in [0.2, 0.25) is 0 Å². The highest BCUT2D eigenvalue weighted by atomic mass is 127. The lowest BCUT2D eigenvalue weighted by Crippen LogP contribution is -1.81. The lowest BCUT2D eigenvalue weighted by Gasteiger charge is -1.91. The minimum absolute atomic E-state index is 1.11. The first kappa shape index (κ1) is 7.25. The van der Waals surface area contributed by atoms with E-state index >= 15 is 0 Å². The average molecular weight is 239 g/mol. The van der Waals surface area contributed by atoms with Crippen molar-refractivity contribution in [1.29, 1.82) is 0 Å². The van der Waals surface area contributed by atoms with Gasteiger partial charge in [0.15, 0.2) is 0 Å².